The molecule has 3 rings (SSSR count). The van der Waals surface area contributed by atoms with Crippen LogP contribution >= 0.6 is 0 Å². The maximum absolute atomic E-state index is 13.7. The monoisotopic (exact) mass is 375 g/mol. The van der Waals surface area contributed by atoms with Crippen molar-refractivity contribution in [1.29, 1.82) is 0 Å². The molecule has 0 saturated heterocycles. The molecule has 0 aliphatic heterocycles. The van der Waals surface area contributed by atoms with Crippen LogP contribution in [0.1, 0.15) is 15.9 Å². The summed E-state index contributed by atoms with van der Waals surface area (Å²) >= 11 is 0. The Balaban J connectivity index is 1.70. The lowest BCUT2D eigenvalue weighted by Crippen LogP contribution is -2.14. The number of benzene rings is 2. The van der Waals surface area contributed by atoms with Gasteiger partial charge in [0.2, 0.25) is 0 Å². The summed E-state index contributed by atoms with van der Waals surface area (Å²) in [6.07, 6.45) is 1.36. The second-order valence-electron chi connectivity index (χ2n) is 5.59. The highest BCUT2D eigenvalue weighted by molar-refractivity contribution is 6.04. The smallest absolute Gasteiger partial charge is 0.255 e. The van der Waals surface area contributed by atoms with Gasteiger partial charge in [0.15, 0.2) is 17.5 Å². The molecule has 0 atom stereocenters. The van der Waals surface area contributed by atoms with E-state index in [2.05, 4.69) is 15.6 Å². The Morgan fingerprint density at radius 1 is 0.926 bits per heavy atom. The number of hydrogen-bond donors (Lipinski definition) is 2. The largest absolute Gasteiger partial charge is 0.366 e. The molecule has 0 radical (unpaired) electrons. The van der Waals surface area contributed by atoms with Crippen LogP contribution in [0, 0.1) is 23.3 Å². The third-order valence-electron chi connectivity index (χ3n) is 3.69. The molecule has 1 heterocycles. The van der Waals surface area contributed by atoms with Crippen LogP contribution in [0.4, 0.5) is 29.1 Å². The molecule has 0 spiro atoms. The summed E-state index contributed by atoms with van der Waals surface area (Å²) in [5.74, 6) is -5.19. The van der Waals surface area contributed by atoms with Crippen LogP contribution in [0.15, 0.2) is 54.7 Å². The molecular weight excluding hydrogens is 362 g/mol. The first kappa shape index (κ1) is 18.4. The maximum atomic E-state index is 13.7. The summed E-state index contributed by atoms with van der Waals surface area (Å²) in [5, 5.41) is 5.15. The van der Waals surface area contributed by atoms with Crippen molar-refractivity contribution in [3.63, 3.8) is 0 Å². The van der Waals surface area contributed by atoms with Crippen molar-refractivity contribution in [2.45, 2.75) is 6.54 Å². The van der Waals surface area contributed by atoms with Crippen molar-refractivity contribution in [1.82, 2.24) is 4.98 Å². The minimum absolute atomic E-state index is 0.135. The molecule has 1 amide bonds. The molecule has 27 heavy (non-hydrogen) atoms. The van der Waals surface area contributed by atoms with E-state index in [0.717, 1.165) is 17.7 Å². The number of amides is 1. The number of carbonyl (C=O) groups excluding carboxylic acids is 1. The fraction of sp³-hybridized carbons (Fsp3) is 0.0526. The van der Waals surface area contributed by atoms with Crippen LogP contribution in [-0.2, 0) is 6.54 Å². The van der Waals surface area contributed by atoms with Gasteiger partial charge >= 0.3 is 0 Å². The van der Waals surface area contributed by atoms with Gasteiger partial charge in [-0.2, -0.15) is 0 Å². The molecular formula is C19H13F4N3O. The highest BCUT2D eigenvalue weighted by Gasteiger charge is 2.16. The number of hydrogen-bond acceptors (Lipinski definition) is 3. The summed E-state index contributed by atoms with van der Waals surface area (Å²) in [5.41, 5.74) is 0.462. The Bertz CT molecular complexity index is 977. The van der Waals surface area contributed by atoms with Gasteiger partial charge in [-0.1, -0.05) is 12.1 Å². The number of aromatic nitrogens is 1. The maximum Gasteiger partial charge on any atom is 0.255 e. The van der Waals surface area contributed by atoms with Gasteiger partial charge in [0.25, 0.3) is 5.91 Å². The molecule has 4 nitrogen and oxygen atoms in total. The van der Waals surface area contributed by atoms with Crippen molar-refractivity contribution in [2.75, 3.05) is 10.6 Å². The number of anilines is 2. The molecule has 3 aromatic rings. The molecule has 0 aliphatic carbocycles. The van der Waals surface area contributed by atoms with Gasteiger partial charge in [0.05, 0.1) is 5.69 Å². The molecule has 2 N–H and O–H groups in total. The number of rotatable bonds is 5. The Labute approximate surface area is 151 Å². The molecule has 0 fully saturated rings. The van der Waals surface area contributed by atoms with E-state index in [1.165, 1.54) is 30.5 Å². The molecule has 138 valence electrons. The second-order valence-corrected chi connectivity index (χ2v) is 5.59. The molecule has 8 heteroatoms. The van der Waals surface area contributed by atoms with Gasteiger partial charge < -0.3 is 10.6 Å². The molecule has 0 aliphatic rings. The SMILES string of the molecule is O=C(Nc1ccc(F)c(F)c1F)c1ccnc(NCc2ccc(F)cc2)c1. The third kappa shape index (κ3) is 4.41. The summed E-state index contributed by atoms with van der Waals surface area (Å²) in [7, 11) is 0. The van der Waals surface area contributed by atoms with Gasteiger partial charge in [0.1, 0.15) is 11.6 Å². The highest BCUT2D eigenvalue weighted by Crippen LogP contribution is 2.20. The van der Waals surface area contributed by atoms with Gasteiger partial charge in [0, 0.05) is 18.3 Å². The predicted octanol–water partition coefficient (Wildman–Crippen LogP) is 4.50. The third-order valence-corrected chi connectivity index (χ3v) is 3.69. The number of carbonyl (C=O) groups is 1. The van der Waals surface area contributed by atoms with E-state index in [-0.39, 0.29) is 11.4 Å². The summed E-state index contributed by atoms with van der Waals surface area (Å²) in [4.78, 5) is 16.3. The molecule has 0 saturated carbocycles. The van der Waals surface area contributed by atoms with Gasteiger partial charge in [-0.15, -0.1) is 0 Å². The van der Waals surface area contributed by atoms with Crippen molar-refractivity contribution < 1.29 is 22.4 Å². The van der Waals surface area contributed by atoms with Crippen molar-refractivity contribution in [3.8, 4) is 0 Å². The van der Waals surface area contributed by atoms with E-state index in [9.17, 15) is 22.4 Å². The minimum Gasteiger partial charge on any atom is -0.366 e. The number of halogens is 4. The van der Waals surface area contributed by atoms with E-state index in [0.29, 0.717) is 12.4 Å². The average molecular weight is 375 g/mol. The van der Waals surface area contributed by atoms with Crippen LogP contribution in [-0.4, -0.2) is 10.9 Å². The predicted molar refractivity (Wildman–Crippen MR) is 92.2 cm³/mol. The first-order valence-corrected chi connectivity index (χ1v) is 7.83. The van der Waals surface area contributed by atoms with Crippen molar-refractivity contribution in [2.24, 2.45) is 0 Å². The molecule has 0 unspecified atom stereocenters. The van der Waals surface area contributed by atoms with E-state index < -0.39 is 29.0 Å². The summed E-state index contributed by atoms with van der Waals surface area (Å²) in [6.45, 7) is 0.343. The lowest BCUT2D eigenvalue weighted by atomic mass is 10.2. The minimum atomic E-state index is -1.66. The lowest BCUT2D eigenvalue weighted by molar-refractivity contribution is 0.102. The number of nitrogens with zero attached hydrogens (tertiary/aromatic N) is 1. The van der Waals surface area contributed by atoms with Crippen LogP contribution in [0.25, 0.3) is 0 Å². The van der Waals surface area contributed by atoms with Crippen LogP contribution in [0.3, 0.4) is 0 Å². The van der Waals surface area contributed by atoms with Crippen molar-refractivity contribution in [3.05, 3.63) is 89.1 Å². The van der Waals surface area contributed by atoms with Gasteiger partial charge in [-0.25, -0.2) is 22.5 Å². The van der Waals surface area contributed by atoms with Crippen LogP contribution in [0.2, 0.25) is 0 Å². The Kier molecular flexibility index (Phi) is 5.35. The van der Waals surface area contributed by atoms with E-state index in [4.69, 9.17) is 0 Å². The lowest BCUT2D eigenvalue weighted by Gasteiger charge is -2.09. The topological polar surface area (TPSA) is 54.0 Å². The Morgan fingerprint density at radius 2 is 1.67 bits per heavy atom. The highest BCUT2D eigenvalue weighted by atomic mass is 19.2. The zero-order chi connectivity index (χ0) is 19.4. The standard InChI is InChI=1S/C19H13F4N3O/c20-13-3-1-11(2-4-13)10-25-16-9-12(7-8-24-16)19(27)26-15-6-5-14(21)17(22)18(15)23/h1-9H,10H2,(H,24,25)(H,26,27). The quantitative estimate of drug-likeness (QED) is 0.510. The fourth-order valence-electron chi connectivity index (χ4n) is 2.28. The van der Waals surface area contributed by atoms with Gasteiger partial charge in [-0.3, -0.25) is 4.79 Å². The Hall–Kier alpha value is -3.42. The van der Waals surface area contributed by atoms with E-state index in [1.807, 2.05) is 0 Å². The van der Waals surface area contributed by atoms with Crippen LogP contribution < -0.4 is 10.6 Å². The first-order valence-electron chi connectivity index (χ1n) is 7.83. The van der Waals surface area contributed by atoms with Crippen LogP contribution in [0.5, 0.6) is 0 Å². The Morgan fingerprint density at radius 3 is 2.41 bits per heavy atom. The average Bonchev–Trinajstić information content (AvgIpc) is 2.68. The van der Waals surface area contributed by atoms with E-state index >= 15 is 0 Å². The summed E-state index contributed by atoms with van der Waals surface area (Å²) in [6, 6.07) is 10.3. The number of pyridine rings is 1. The second kappa shape index (κ2) is 7.86. The number of nitrogens with one attached hydrogen (secondary N) is 2. The fourth-order valence-corrected chi connectivity index (χ4v) is 2.28. The van der Waals surface area contributed by atoms with E-state index in [1.54, 1.807) is 12.1 Å². The van der Waals surface area contributed by atoms with Crippen molar-refractivity contribution >= 4 is 17.4 Å². The normalized spacial score (nSPS) is 10.5. The first-order chi connectivity index (χ1) is 12.9. The molecule has 0 bridgehead atoms. The summed E-state index contributed by atoms with van der Waals surface area (Å²) < 4.78 is 52.8. The zero-order valence-corrected chi connectivity index (χ0v) is 13.8. The van der Waals surface area contributed by atoms with Gasteiger partial charge in [-0.05, 0) is 42.0 Å². The molecule has 2 aromatic carbocycles. The molecule has 1 aromatic heterocycles. The zero-order valence-electron chi connectivity index (χ0n) is 13.8.